The van der Waals surface area contributed by atoms with Gasteiger partial charge in [-0.25, -0.2) is 0 Å². The smallest absolute Gasteiger partial charge is 0.0975 e. The fourth-order valence-electron chi connectivity index (χ4n) is 0.864. The van der Waals surface area contributed by atoms with Crippen molar-refractivity contribution in [3.63, 3.8) is 0 Å². The highest BCUT2D eigenvalue weighted by atomic mass is 16.3. The summed E-state index contributed by atoms with van der Waals surface area (Å²) in [4.78, 5) is 0. The molecule has 0 radical (unpaired) electrons. The molecule has 0 aliphatic carbocycles. The standard InChI is InChI=1S/C5H12N2O2/c1-3-5(9)4(8)2-6-7-3/h3-9H,2H2,1H3/t3-,4+,5-/m1/s1. The van der Waals surface area contributed by atoms with Crippen LogP contribution in [0.15, 0.2) is 0 Å². The van der Waals surface area contributed by atoms with E-state index in [0.717, 1.165) is 0 Å². The third kappa shape index (κ3) is 1.40. The van der Waals surface area contributed by atoms with Crippen molar-refractivity contribution in [2.24, 2.45) is 0 Å². The van der Waals surface area contributed by atoms with Crippen molar-refractivity contribution in [1.82, 2.24) is 10.9 Å². The van der Waals surface area contributed by atoms with Gasteiger partial charge >= 0.3 is 0 Å². The van der Waals surface area contributed by atoms with Gasteiger partial charge in [0.15, 0.2) is 0 Å². The van der Waals surface area contributed by atoms with E-state index < -0.39 is 12.2 Å². The van der Waals surface area contributed by atoms with Gasteiger partial charge in [0.1, 0.15) is 0 Å². The number of β-amino-alcohol motifs (C(OH)–C–C–N with tert-alkyl or cyclic N) is 1. The van der Waals surface area contributed by atoms with Gasteiger partial charge in [-0.15, -0.1) is 0 Å². The Kier molecular flexibility index (Phi) is 2.02. The minimum atomic E-state index is -0.647. The molecule has 0 spiro atoms. The van der Waals surface area contributed by atoms with Crippen LogP contribution in [0.5, 0.6) is 0 Å². The molecule has 4 nitrogen and oxygen atoms in total. The molecule has 1 saturated heterocycles. The molecule has 0 bridgehead atoms. The van der Waals surface area contributed by atoms with Gasteiger partial charge < -0.3 is 10.2 Å². The molecule has 1 aliphatic heterocycles. The van der Waals surface area contributed by atoms with Crippen molar-refractivity contribution in [1.29, 1.82) is 0 Å². The van der Waals surface area contributed by atoms with Gasteiger partial charge in [-0.1, -0.05) is 0 Å². The highest BCUT2D eigenvalue weighted by Crippen LogP contribution is 2.01. The van der Waals surface area contributed by atoms with Gasteiger partial charge in [-0.2, -0.15) is 0 Å². The van der Waals surface area contributed by atoms with E-state index in [4.69, 9.17) is 10.2 Å². The van der Waals surface area contributed by atoms with Crippen molar-refractivity contribution in [3.8, 4) is 0 Å². The Morgan fingerprint density at radius 1 is 1.44 bits per heavy atom. The lowest BCUT2D eigenvalue weighted by atomic mass is 10.1. The Morgan fingerprint density at radius 3 is 2.56 bits per heavy atom. The molecule has 4 N–H and O–H groups in total. The molecule has 0 unspecified atom stereocenters. The average Bonchev–Trinajstić information content (AvgIpc) is 1.83. The normalized spacial score (nSPS) is 45.0. The van der Waals surface area contributed by atoms with Crippen LogP contribution in [0.4, 0.5) is 0 Å². The van der Waals surface area contributed by atoms with Gasteiger partial charge in [0.05, 0.1) is 12.2 Å². The van der Waals surface area contributed by atoms with E-state index in [2.05, 4.69) is 10.9 Å². The SMILES string of the molecule is C[C@H]1NNC[C@H](O)[C@@H]1O. The van der Waals surface area contributed by atoms with Crippen LogP contribution in [0.25, 0.3) is 0 Å². The monoisotopic (exact) mass is 132 g/mol. The molecular formula is C5H12N2O2. The average molecular weight is 132 g/mol. The van der Waals surface area contributed by atoms with E-state index >= 15 is 0 Å². The van der Waals surface area contributed by atoms with Crippen LogP contribution < -0.4 is 10.9 Å². The Hall–Kier alpha value is -0.160. The maximum Gasteiger partial charge on any atom is 0.0975 e. The number of rotatable bonds is 0. The summed E-state index contributed by atoms with van der Waals surface area (Å²) in [5.41, 5.74) is 5.56. The zero-order valence-corrected chi connectivity index (χ0v) is 5.33. The number of hydrogen-bond acceptors (Lipinski definition) is 4. The molecule has 1 fully saturated rings. The topological polar surface area (TPSA) is 64.5 Å². The quantitative estimate of drug-likeness (QED) is 0.314. The molecule has 9 heavy (non-hydrogen) atoms. The lowest BCUT2D eigenvalue weighted by Crippen LogP contribution is -2.59. The number of aliphatic hydroxyl groups is 2. The number of nitrogens with one attached hydrogen (secondary N) is 2. The second-order valence-corrected chi connectivity index (χ2v) is 2.37. The highest BCUT2D eigenvalue weighted by Gasteiger charge is 2.26. The Bertz CT molecular complexity index is 89.0. The van der Waals surface area contributed by atoms with Crippen molar-refractivity contribution < 1.29 is 10.2 Å². The zero-order valence-electron chi connectivity index (χ0n) is 5.33. The van der Waals surface area contributed by atoms with Gasteiger partial charge in [0, 0.05) is 12.6 Å². The predicted octanol–water partition coefficient (Wildman–Crippen LogP) is -1.80. The molecule has 0 amide bonds. The second kappa shape index (κ2) is 2.62. The molecule has 4 heteroatoms. The van der Waals surface area contributed by atoms with Gasteiger partial charge in [0.25, 0.3) is 0 Å². The van der Waals surface area contributed by atoms with Crippen molar-refractivity contribution >= 4 is 0 Å². The fourth-order valence-corrected chi connectivity index (χ4v) is 0.864. The maximum absolute atomic E-state index is 9.09. The number of aliphatic hydroxyl groups excluding tert-OH is 2. The van der Waals surface area contributed by atoms with Crippen LogP contribution in [-0.2, 0) is 0 Å². The number of hydrazine groups is 1. The summed E-state index contributed by atoms with van der Waals surface area (Å²) < 4.78 is 0. The maximum atomic E-state index is 9.09. The molecule has 1 heterocycles. The van der Waals surface area contributed by atoms with E-state index in [0.29, 0.717) is 6.54 Å². The van der Waals surface area contributed by atoms with Gasteiger partial charge in [-0.05, 0) is 6.92 Å². The molecule has 0 aromatic rings. The van der Waals surface area contributed by atoms with E-state index in [1.807, 2.05) is 0 Å². The summed E-state index contributed by atoms with van der Waals surface area (Å²) >= 11 is 0. The third-order valence-corrected chi connectivity index (χ3v) is 1.55. The van der Waals surface area contributed by atoms with Gasteiger partial charge in [0.2, 0.25) is 0 Å². The Balaban J connectivity index is 2.41. The van der Waals surface area contributed by atoms with E-state index in [1.165, 1.54) is 0 Å². The molecule has 54 valence electrons. The zero-order chi connectivity index (χ0) is 6.85. The van der Waals surface area contributed by atoms with E-state index in [-0.39, 0.29) is 6.04 Å². The summed E-state index contributed by atoms with van der Waals surface area (Å²) in [6.45, 7) is 2.21. The summed E-state index contributed by atoms with van der Waals surface area (Å²) in [6, 6.07) is -0.0752. The van der Waals surface area contributed by atoms with Crippen LogP contribution in [0, 0.1) is 0 Å². The van der Waals surface area contributed by atoms with Crippen LogP contribution in [0.2, 0.25) is 0 Å². The molecular weight excluding hydrogens is 120 g/mol. The largest absolute Gasteiger partial charge is 0.389 e. The molecule has 0 saturated carbocycles. The highest BCUT2D eigenvalue weighted by molar-refractivity contribution is 4.81. The van der Waals surface area contributed by atoms with E-state index in [1.54, 1.807) is 6.92 Å². The Labute approximate surface area is 53.9 Å². The molecule has 3 atom stereocenters. The first-order valence-electron chi connectivity index (χ1n) is 3.06. The molecule has 0 aromatic carbocycles. The first kappa shape index (κ1) is 6.95. The minimum absolute atomic E-state index is 0.0752. The Morgan fingerprint density at radius 2 is 2.11 bits per heavy atom. The first-order chi connectivity index (χ1) is 4.22. The predicted molar refractivity (Wildman–Crippen MR) is 32.6 cm³/mol. The van der Waals surface area contributed by atoms with Crippen molar-refractivity contribution in [2.45, 2.75) is 25.2 Å². The summed E-state index contributed by atoms with van der Waals surface area (Å²) in [5, 5.41) is 18.1. The lowest BCUT2D eigenvalue weighted by molar-refractivity contribution is -0.0263. The summed E-state index contributed by atoms with van der Waals surface area (Å²) in [6.07, 6.45) is -1.28. The van der Waals surface area contributed by atoms with E-state index in [9.17, 15) is 0 Å². The van der Waals surface area contributed by atoms with Gasteiger partial charge in [-0.3, -0.25) is 10.9 Å². The molecule has 1 aliphatic rings. The van der Waals surface area contributed by atoms with Crippen LogP contribution in [0.1, 0.15) is 6.92 Å². The van der Waals surface area contributed by atoms with Crippen LogP contribution >= 0.6 is 0 Å². The van der Waals surface area contributed by atoms with Crippen LogP contribution in [0.3, 0.4) is 0 Å². The third-order valence-electron chi connectivity index (χ3n) is 1.55. The minimum Gasteiger partial charge on any atom is -0.389 e. The molecule has 1 rings (SSSR count). The lowest BCUT2D eigenvalue weighted by Gasteiger charge is -2.30. The second-order valence-electron chi connectivity index (χ2n) is 2.37. The van der Waals surface area contributed by atoms with Crippen molar-refractivity contribution in [2.75, 3.05) is 6.54 Å². The molecule has 0 aromatic heterocycles. The van der Waals surface area contributed by atoms with Crippen molar-refractivity contribution in [3.05, 3.63) is 0 Å². The summed E-state index contributed by atoms with van der Waals surface area (Å²) in [7, 11) is 0. The summed E-state index contributed by atoms with van der Waals surface area (Å²) in [5.74, 6) is 0. The number of hydrogen-bond donors (Lipinski definition) is 4. The van der Waals surface area contributed by atoms with Crippen LogP contribution in [-0.4, -0.2) is 35.0 Å². The first-order valence-corrected chi connectivity index (χ1v) is 3.06. The fraction of sp³-hybridized carbons (Fsp3) is 1.00.